The van der Waals surface area contributed by atoms with Crippen LogP contribution in [0.5, 0.6) is 5.75 Å². The number of carbonyl (C=O) groups excluding carboxylic acids is 1. The quantitative estimate of drug-likeness (QED) is 0.376. The van der Waals surface area contributed by atoms with E-state index in [9.17, 15) is 4.79 Å². The monoisotopic (exact) mass is 427 g/mol. The highest BCUT2D eigenvalue weighted by molar-refractivity contribution is 6.27. The van der Waals surface area contributed by atoms with Gasteiger partial charge < -0.3 is 19.8 Å². The van der Waals surface area contributed by atoms with Gasteiger partial charge in [0, 0.05) is 11.1 Å². The molecular formula is C24H29NO6. The molecule has 0 amide bonds. The van der Waals surface area contributed by atoms with Crippen molar-refractivity contribution in [2.75, 3.05) is 26.2 Å². The topological polar surface area (TPSA) is 104 Å². The van der Waals surface area contributed by atoms with Gasteiger partial charge in [-0.25, -0.2) is 9.59 Å². The highest BCUT2D eigenvalue weighted by atomic mass is 16.5. The number of hydrogen-bond donors (Lipinski definition) is 2. The van der Waals surface area contributed by atoms with Gasteiger partial charge in [-0.3, -0.25) is 4.79 Å². The molecule has 1 fully saturated rings. The zero-order valence-corrected chi connectivity index (χ0v) is 17.5. The van der Waals surface area contributed by atoms with Gasteiger partial charge in [0.25, 0.3) is 0 Å². The first kappa shape index (κ1) is 24.1. The highest BCUT2D eigenvalue weighted by Crippen LogP contribution is 2.16. The van der Waals surface area contributed by atoms with E-state index < -0.39 is 11.9 Å². The summed E-state index contributed by atoms with van der Waals surface area (Å²) in [6.45, 7) is 4.45. The number of nitrogens with zero attached hydrogens (tertiary/aromatic N) is 1. The SMILES string of the molecule is O=C(O)C(=O)O.O=C(c1ccccc1)c1ccc(OCCCCN2CCCCC2)cc1. The van der Waals surface area contributed by atoms with E-state index in [0.29, 0.717) is 11.1 Å². The number of carboxylic acids is 2. The minimum absolute atomic E-state index is 0.0497. The van der Waals surface area contributed by atoms with Crippen molar-refractivity contribution >= 4 is 17.7 Å². The standard InChI is InChI=1S/C22H27NO2.C2H2O4/c24-22(19-9-3-1-4-10-19)20-11-13-21(14-12-20)25-18-8-7-17-23-15-5-2-6-16-23;3-1(4)2(5)6/h1,3-4,9-14H,2,5-8,15-18H2;(H,3,4)(H,5,6). The number of ether oxygens (including phenoxy) is 1. The predicted molar refractivity (Wildman–Crippen MR) is 117 cm³/mol. The molecule has 2 aromatic carbocycles. The van der Waals surface area contributed by atoms with Crippen molar-refractivity contribution in [1.29, 1.82) is 0 Å². The Bertz CT molecular complexity index is 817. The number of likely N-dealkylation sites (tertiary alicyclic amines) is 1. The molecular weight excluding hydrogens is 398 g/mol. The molecule has 0 aromatic heterocycles. The first-order valence-electron chi connectivity index (χ1n) is 10.5. The molecule has 7 nitrogen and oxygen atoms in total. The molecule has 3 rings (SSSR count). The molecule has 166 valence electrons. The summed E-state index contributed by atoms with van der Waals surface area (Å²) in [6.07, 6.45) is 6.35. The van der Waals surface area contributed by atoms with E-state index in [1.165, 1.54) is 45.3 Å². The Morgan fingerprint density at radius 2 is 1.35 bits per heavy atom. The van der Waals surface area contributed by atoms with Crippen molar-refractivity contribution in [2.45, 2.75) is 32.1 Å². The molecule has 0 saturated carbocycles. The predicted octanol–water partition coefficient (Wildman–Crippen LogP) is 3.72. The fraction of sp³-hybridized carbons (Fsp3) is 0.375. The molecule has 0 unspecified atom stereocenters. The molecule has 1 aliphatic heterocycles. The van der Waals surface area contributed by atoms with Crippen molar-refractivity contribution < 1.29 is 29.3 Å². The number of hydrogen-bond acceptors (Lipinski definition) is 5. The number of rotatable bonds is 8. The van der Waals surface area contributed by atoms with Crippen molar-refractivity contribution in [3.8, 4) is 5.75 Å². The Kier molecular flexibility index (Phi) is 10.2. The van der Waals surface area contributed by atoms with Crippen LogP contribution in [-0.2, 0) is 9.59 Å². The number of piperidine rings is 1. The molecule has 0 spiro atoms. The number of carboxylic acid groups (broad SMARTS) is 2. The lowest BCUT2D eigenvalue weighted by Gasteiger charge is -2.26. The van der Waals surface area contributed by atoms with E-state index in [4.69, 9.17) is 24.5 Å². The van der Waals surface area contributed by atoms with E-state index >= 15 is 0 Å². The van der Waals surface area contributed by atoms with Crippen LogP contribution in [-0.4, -0.2) is 59.1 Å². The normalized spacial score (nSPS) is 13.5. The number of aliphatic carboxylic acids is 2. The van der Waals surface area contributed by atoms with E-state index in [1.54, 1.807) is 0 Å². The van der Waals surface area contributed by atoms with Gasteiger partial charge in [0.1, 0.15) is 5.75 Å². The fourth-order valence-corrected chi connectivity index (χ4v) is 3.27. The zero-order valence-electron chi connectivity index (χ0n) is 17.5. The van der Waals surface area contributed by atoms with Crippen LogP contribution in [0.2, 0.25) is 0 Å². The number of unbranched alkanes of at least 4 members (excludes halogenated alkanes) is 1. The Morgan fingerprint density at radius 1 is 0.774 bits per heavy atom. The minimum Gasteiger partial charge on any atom is -0.494 e. The molecule has 0 atom stereocenters. The van der Waals surface area contributed by atoms with Crippen LogP contribution in [0.3, 0.4) is 0 Å². The summed E-state index contributed by atoms with van der Waals surface area (Å²) in [7, 11) is 0. The van der Waals surface area contributed by atoms with Gasteiger partial charge >= 0.3 is 11.9 Å². The minimum atomic E-state index is -1.82. The van der Waals surface area contributed by atoms with Gasteiger partial charge in [0.2, 0.25) is 0 Å². The molecule has 2 aromatic rings. The van der Waals surface area contributed by atoms with Gasteiger partial charge in [0.15, 0.2) is 5.78 Å². The lowest BCUT2D eigenvalue weighted by molar-refractivity contribution is -0.159. The summed E-state index contributed by atoms with van der Waals surface area (Å²) >= 11 is 0. The average molecular weight is 427 g/mol. The van der Waals surface area contributed by atoms with Gasteiger partial charge in [-0.1, -0.05) is 36.8 Å². The van der Waals surface area contributed by atoms with Crippen LogP contribution in [0.1, 0.15) is 48.0 Å². The highest BCUT2D eigenvalue weighted by Gasteiger charge is 2.10. The third kappa shape index (κ3) is 9.00. The molecule has 31 heavy (non-hydrogen) atoms. The summed E-state index contributed by atoms with van der Waals surface area (Å²) in [5.41, 5.74) is 1.41. The van der Waals surface area contributed by atoms with E-state index in [-0.39, 0.29) is 5.78 Å². The molecule has 2 N–H and O–H groups in total. The molecule has 0 aliphatic carbocycles. The van der Waals surface area contributed by atoms with Crippen molar-refractivity contribution in [1.82, 2.24) is 4.90 Å². The van der Waals surface area contributed by atoms with Crippen molar-refractivity contribution in [3.63, 3.8) is 0 Å². The van der Waals surface area contributed by atoms with Gasteiger partial charge in [-0.2, -0.15) is 0 Å². The first-order valence-corrected chi connectivity index (χ1v) is 10.5. The van der Waals surface area contributed by atoms with Crippen LogP contribution >= 0.6 is 0 Å². The third-order valence-corrected chi connectivity index (χ3v) is 4.92. The third-order valence-electron chi connectivity index (χ3n) is 4.92. The summed E-state index contributed by atoms with van der Waals surface area (Å²) < 4.78 is 5.81. The molecule has 7 heteroatoms. The van der Waals surface area contributed by atoms with Crippen LogP contribution in [0, 0.1) is 0 Å². The Morgan fingerprint density at radius 3 is 1.94 bits per heavy atom. The Hall–Kier alpha value is -3.19. The maximum atomic E-state index is 12.4. The van der Waals surface area contributed by atoms with Gasteiger partial charge in [-0.05, 0) is 69.6 Å². The van der Waals surface area contributed by atoms with Gasteiger partial charge in [-0.15, -0.1) is 0 Å². The summed E-state index contributed by atoms with van der Waals surface area (Å²) in [4.78, 5) is 33.1. The summed E-state index contributed by atoms with van der Waals surface area (Å²) in [5, 5.41) is 14.8. The van der Waals surface area contributed by atoms with Crippen LogP contribution in [0.25, 0.3) is 0 Å². The van der Waals surface area contributed by atoms with E-state index in [0.717, 1.165) is 18.8 Å². The van der Waals surface area contributed by atoms with Crippen LogP contribution in [0.15, 0.2) is 54.6 Å². The summed E-state index contributed by atoms with van der Waals surface area (Å²) in [6, 6.07) is 16.8. The Balaban J connectivity index is 0.000000501. The molecule has 1 aliphatic rings. The molecule has 1 heterocycles. The maximum absolute atomic E-state index is 12.4. The average Bonchev–Trinajstić information content (AvgIpc) is 2.80. The zero-order chi connectivity index (χ0) is 22.5. The second-order valence-electron chi connectivity index (χ2n) is 7.29. The van der Waals surface area contributed by atoms with E-state index in [2.05, 4.69) is 4.90 Å². The molecule has 1 saturated heterocycles. The van der Waals surface area contributed by atoms with Crippen LogP contribution < -0.4 is 4.74 Å². The van der Waals surface area contributed by atoms with E-state index in [1.807, 2.05) is 54.6 Å². The largest absolute Gasteiger partial charge is 0.494 e. The first-order chi connectivity index (χ1) is 15.0. The van der Waals surface area contributed by atoms with Crippen molar-refractivity contribution in [3.05, 3.63) is 65.7 Å². The molecule has 0 radical (unpaired) electrons. The smallest absolute Gasteiger partial charge is 0.414 e. The fourth-order valence-electron chi connectivity index (χ4n) is 3.27. The Labute approximate surface area is 182 Å². The molecule has 0 bridgehead atoms. The second-order valence-corrected chi connectivity index (χ2v) is 7.29. The lowest BCUT2D eigenvalue weighted by atomic mass is 10.0. The second kappa shape index (κ2) is 13.2. The van der Waals surface area contributed by atoms with Crippen LogP contribution in [0.4, 0.5) is 0 Å². The van der Waals surface area contributed by atoms with Crippen molar-refractivity contribution in [2.24, 2.45) is 0 Å². The maximum Gasteiger partial charge on any atom is 0.414 e. The number of ketones is 1. The number of carbonyl (C=O) groups is 3. The number of benzene rings is 2. The lowest BCUT2D eigenvalue weighted by Crippen LogP contribution is -2.30. The summed E-state index contributed by atoms with van der Waals surface area (Å²) in [5.74, 6) is -2.76. The van der Waals surface area contributed by atoms with Gasteiger partial charge in [0.05, 0.1) is 6.61 Å².